The molecule has 0 radical (unpaired) electrons. The number of non-ortho nitro benzene ring substituents is 2. The van der Waals surface area contributed by atoms with Gasteiger partial charge in [-0.1, -0.05) is 12.1 Å². The highest BCUT2D eigenvalue weighted by Crippen LogP contribution is 2.69. The zero-order chi connectivity index (χ0) is 28.6. The van der Waals surface area contributed by atoms with E-state index < -0.39 is 0 Å². The number of ether oxygens (including phenoxy) is 2. The molecular formula is C34H24N2O6. The lowest BCUT2D eigenvalue weighted by Crippen LogP contribution is -2.14. The van der Waals surface area contributed by atoms with Gasteiger partial charge in [-0.3, -0.25) is 20.2 Å². The molecule has 4 aliphatic rings. The molecule has 8 heteroatoms. The quantitative estimate of drug-likeness (QED) is 0.165. The highest BCUT2D eigenvalue weighted by molar-refractivity contribution is 5.90. The molecule has 206 valence electrons. The number of nitro groups is 2. The van der Waals surface area contributed by atoms with E-state index in [4.69, 9.17) is 9.47 Å². The summed E-state index contributed by atoms with van der Waals surface area (Å²) >= 11 is 0. The fraction of sp³-hybridized carbons (Fsp3) is 0.235. The molecule has 0 fully saturated rings. The first-order valence-electron chi connectivity index (χ1n) is 14.1. The van der Waals surface area contributed by atoms with Gasteiger partial charge in [-0.2, -0.15) is 0 Å². The second-order valence-electron chi connectivity index (χ2n) is 11.9. The Balaban J connectivity index is 1.25. The molecule has 5 aromatic carbocycles. The predicted molar refractivity (Wildman–Crippen MR) is 157 cm³/mol. The van der Waals surface area contributed by atoms with Gasteiger partial charge in [0.25, 0.3) is 11.4 Å². The Morgan fingerprint density at radius 3 is 1.19 bits per heavy atom. The molecular weight excluding hydrogens is 532 g/mol. The molecule has 4 bridgehead atoms. The van der Waals surface area contributed by atoms with Crippen LogP contribution in [-0.4, -0.2) is 24.1 Å². The molecule has 0 aliphatic heterocycles. The van der Waals surface area contributed by atoms with Crippen molar-refractivity contribution in [3.8, 4) is 11.5 Å². The standard InChI is InChI=1S/C34H24N2O6/c1-41-33-29-25-13-27(23-11-17-7-19(35(37)38)5-3-15(17)9-21(23)25)31(29)34(42-2)32-28-14-26(30(32)33)22-10-16-4-6-20(36(39)40)8-18(16)12-24(22)28/h3-12,25-28H,13-14H2,1-2H3/t25-,26+,27+,28-. The molecule has 0 unspecified atom stereocenters. The Labute approximate surface area is 239 Å². The Hall–Kier alpha value is -4.98. The summed E-state index contributed by atoms with van der Waals surface area (Å²) in [6.45, 7) is 0. The molecule has 0 N–H and O–H groups in total. The smallest absolute Gasteiger partial charge is 0.270 e. The molecule has 0 saturated heterocycles. The molecule has 4 atom stereocenters. The first-order chi connectivity index (χ1) is 20.4. The fourth-order valence-electron chi connectivity index (χ4n) is 8.75. The van der Waals surface area contributed by atoms with E-state index in [9.17, 15) is 20.2 Å². The van der Waals surface area contributed by atoms with Crippen LogP contribution in [0.1, 0.15) is 81.0 Å². The van der Waals surface area contributed by atoms with Crippen molar-refractivity contribution in [1.82, 2.24) is 0 Å². The van der Waals surface area contributed by atoms with Gasteiger partial charge in [-0.15, -0.1) is 0 Å². The van der Waals surface area contributed by atoms with Crippen LogP contribution in [0.25, 0.3) is 21.5 Å². The van der Waals surface area contributed by atoms with Crippen molar-refractivity contribution in [2.45, 2.75) is 36.5 Å². The SMILES string of the molecule is COc1c2c(c(OC)c3c1[C@H]1C[C@@H]3c3cc4cc([N+](=O)[O-])ccc4cc31)[C@H]1C[C@@H]2c2cc3ccc([N+](=O)[O-])cc3cc21. The minimum absolute atomic E-state index is 0.0932. The molecule has 0 amide bonds. The van der Waals surface area contributed by atoms with Crippen molar-refractivity contribution < 1.29 is 19.3 Å². The lowest BCUT2D eigenvalue weighted by atomic mass is 9.76. The van der Waals surface area contributed by atoms with E-state index in [0.717, 1.165) is 45.9 Å². The van der Waals surface area contributed by atoms with Crippen molar-refractivity contribution in [3.05, 3.63) is 125 Å². The van der Waals surface area contributed by atoms with E-state index in [1.54, 1.807) is 38.5 Å². The van der Waals surface area contributed by atoms with E-state index in [-0.39, 0.29) is 44.9 Å². The van der Waals surface area contributed by atoms with Crippen molar-refractivity contribution in [3.63, 3.8) is 0 Å². The first kappa shape index (κ1) is 23.7. The zero-order valence-electron chi connectivity index (χ0n) is 22.8. The number of nitrogens with zero attached hydrogens (tertiary/aromatic N) is 2. The molecule has 42 heavy (non-hydrogen) atoms. The van der Waals surface area contributed by atoms with Crippen LogP contribution in [0.15, 0.2) is 60.7 Å². The lowest BCUT2D eigenvalue weighted by Gasteiger charge is -2.31. The van der Waals surface area contributed by atoms with Gasteiger partial charge < -0.3 is 9.47 Å². The molecule has 0 heterocycles. The van der Waals surface area contributed by atoms with Crippen LogP contribution >= 0.6 is 0 Å². The van der Waals surface area contributed by atoms with E-state index in [1.807, 2.05) is 12.1 Å². The largest absolute Gasteiger partial charge is 0.496 e. The molecule has 9 rings (SSSR count). The van der Waals surface area contributed by atoms with E-state index in [0.29, 0.717) is 0 Å². The topological polar surface area (TPSA) is 105 Å². The Bertz CT molecular complexity index is 1970. The summed E-state index contributed by atoms with van der Waals surface area (Å²) in [6, 6.07) is 18.8. The Morgan fingerprint density at radius 1 is 0.548 bits per heavy atom. The van der Waals surface area contributed by atoms with Gasteiger partial charge in [0.05, 0.1) is 24.1 Å². The van der Waals surface area contributed by atoms with E-state index in [2.05, 4.69) is 24.3 Å². The second kappa shape index (κ2) is 7.85. The summed E-state index contributed by atoms with van der Waals surface area (Å²) in [5, 5.41) is 26.6. The summed E-state index contributed by atoms with van der Waals surface area (Å²) in [7, 11) is 3.51. The lowest BCUT2D eigenvalue weighted by molar-refractivity contribution is -0.384. The minimum atomic E-state index is -0.348. The maximum Gasteiger partial charge on any atom is 0.270 e. The van der Waals surface area contributed by atoms with Gasteiger partial charge in [0.2, 0.25) is 0 Å². The predicted octanol–water partition coefficient (Wildman–Crippen LogP) is 7.79. The molecule has 0 saturated carbocycles. The third kappa shape index (κ3) is 2.77. The number of methoxy groups -OCH3 is 2. The molecule has 4 aliphatic carbocycles. The number of hydrogen-bond acceptors (Lipinski definition) is 6. The number of rotatable bonds is 4. The number of hydrogen-bond donors (Lipinski definition) is 0. The van der Waals surface area contributed by atoms with E-state index in [1.165, 1.54) is 44.5 Å². The summed E-state index contributed by atoms with van der Waals surface area (Å²) in [5.41, 5.74) is 9.95. The fourth-order valence-corrected chi connectivity index (χ4v) is 8.75. The van der Waals surface area contributed by atoms with Gasteiger partial charge in [0.15, 0.2) is 0 Å². The number of benzene rings is 5. The third-order valence-electron chi connectivity index (χ3n) is 10.3. The maximum atomic E-state index is 11.4. The maximum absolute atomic E-state index is 11.4. The number of nitro benzene ring substituents is 2. The van der Waals surface area contributed by atoms with Crippen molar-refractivity contribution in [2.24, 2.45) is 0 Å². The first-order valence-corrected chi connectivity index (χ1v) is 14.1. The van der Waals surface area contributed by atoms with Crippen LogP contribution in [-0.2, 0) is 0 Å². The van der Waals surface area contributed by atoms with Crippen LogP contribution in [0.5, 0.6) is 11.5 Å². The van der Waals surface area contributed by atoms with E-state index >= 15 is 0 Å². The average Bonchev–Trinajstić information content (AvgIpc) is 3.75. The zero-order valence-corrected chi connectivity index (χ0v) is 22.8. The molecule has 0 aromatic heterocycles. The van der Waals surface area contributed by atoms with Crippen molar-refractivity contribution in [2.75, 3.05) is 14.2 Å². The van der Waals surface area contributed by atoms with Gasteiger partial charge in [-0.05, 0) is 80.9 Å². The molecule has 0 spiro atoms. The van der Waals surface area contributed by atoms with Gasteiger partial charge in [0, 0.05) is 70.2 Å². The monoisotopic (exact) mass is 556 g/mol. The summed E-state index contributed by atoms with van der Waals surface area (Å²) < 4.78 is 12.6. The van der Waals surface area contributed by atoms with Crippen LogP contribution < -0.4 is 9.47 Å². The van der Waals surface area contributed by atoms with Crippen LogP contribution in [0.4, 0.5) is 11.4 Å². The van der Waals surface area contributed by atoms with Crippen LogP contribution in [0, 0.1) is 20.2 Å². The third-order valence-corrected chi connectivity index (χ3v) is 10.3. The summed E-state index contributed by atoms with van der Waals surface area (Å²) in [4.78, 5) is 22.2. The minimum Gasteiger partial charge on any atom is -0.496 e. The normalized spacial score (nSPS) is 21.8. The average molecular weight is 557 g/mol. The van der Waals surface area contributed by atoms with Gasteiger partial charge in [0.1, 0.15) is 11.5 Å². The molecule has 5 aromatic rings. The highest BCUT2D eigenvalue weighted by Gasteiger charge is 2.53. The number of fused-ring (bicyclic) bond motifs is 18. The van der Waals surface area contributed by atoms with Gasteiger partial charge >= 0.3 is 0 Å². The van der Waals surface area contributed by atoms with Crippen molar-refractivity contribution in [1.29, 1.82) is 0 Å². The second-order valence-corrected chi connectivity index (χ2v) is 11.9. The van der Waals surface area contributed by atoms with Crippen LogP contribution in [0.2, 0.25) is 0 Å². The Kier molecular flexibility index (Phi) is 4.43. The highest BCUT2D eigenvalue weighted by atomic mass is 16.6. The Morgan fingerprint density at radius 2 is 0.881 bits per heavy atom. The van der Waals surface area contributed by atoms with Gasteiger partial charge in [-0.25, -0.2) is 0 Å². The summed E-state index contributed by atoms with van der Waals surface area (Å²) in [6.07, 6.45) is 1.85. The molecule has 8 nitrogen and oxygen atoms in total. The summed E-state index contributed by atoms with van der Waals surface area (Å²) in [5.74, 6) is 2.47. The van der Waals surface area contributed by atoms with Crippen LogP contribution in [0.3, 0.4) is 0 Å². The van der Waals surface area contributed by atoms with Crippen molar-refractivity contribution >= 4 is 32.9 Å².